The number of aromatic nitrogens is 3. The SMILES string of the molecule is C#Cc1c(F)ccc2cc(O)cc(-c3nc(OC)c4c(N5CC6COC(C6)C5)nc(OC[C@]56CCC[C@H]5N(C5CC7(C5)CS(=O)(=O)C7)CCC6)nc4c3F)c12. The van der Waals surface area contributed by atoms with E-state index in [4.69, 9.17) is 30.6 Å². The summed E-state index contributed by atoms with van der Waals surface area (Å²) in [5.74, 6) is 2.18. The summed E-state index contributed by atoms with van der Waals surface area (Å²) in [5.41, 5.74) is -0.437. The number of ether oxygens (including phenoxy) is 3. The van der Waals surface area contributed by atoms with Gasteiger partial charge in [-0.15, -0.1) is 6.42 Å². The molecule has 2 aromatic carbocycles. The molecule has 55 heavy (non-hydrogen) atoms. The first-order chi connectivity index (χ1) is 26.5. The summed E-state index contributed by atoms with van der Waals surface area (Å²) < 4.78 is 74.9. The van der Waals surface area contributed by atoms with Crippen LogP contribution in [0.15, 0.2) is 24.3 Å². The van der Waals surface area contributed by atoms with Gasteiger partial charge in [-0.3, -0.25) is 4.90 Å². The molecule has 4 atom stereocenters. The summed E-state index contributed by atoms with van der Waals surface area (Å²) >= 11 is 0. The maximum atomic E-state index is 17.3. The quantitative estimate of drug-likeness (QED) is 0.235. The third-order valence-corrected chi connectivity index (χ3v) is 15.5. The summed E-state index contributed by atoms with van der Waals surface area (Å²) in [5, 5.41) is 11.7. The first kappa shape index (κ1) is 35.1. The molecule has 4 aliphatic heterocycles. The fraction of sp³-hybridized carbons (Fsp3) is 0.537. The Morgan fingerprint density at radius 1 is 1.09 bits per heavy atom. The Morgan fingerprint density at radius 3 is 2.67 bits per heavy atom. The lowest BCUT2D eigenvalue weighted by molar-refractivity contribution is -0.0726. The van der Waals surface area contributed by atoms with Crippen LogP contribution < -0.4 is 14.4 Å². The smallest absolute Gasteiger partial charge is 0.319 e. The number of aromatic hydroxyl groups is 1. The molecular formula is C41H43F2N5O6S. The van der Waals surface area contributed by atoms with Crippen LogP contribution >= 0.6 is 0 Å². The summed E-state index contributed by atoms with van der Waals surface area (Å²) in [6.07, 6.45) is 13.7. The zero-order chi connectivity index (χ0) is 37.9. The molecule has 1 N–H and O–H groups in total. The van der Waals surface area contributed by atoms with Gasteiger partial charge in [-0.1, -0.05) is 18.4 Å². The lowest BCUT2D eigenvalue weighted by Gasteiger charge is -2.60. The Labute approximate surface area is 318 Å². The number of pyridine rings is 1. The predicted octanol–water partition coefficient (Wildman–Crippen LogP) is 5.63. The molecule has 2 unspecified atom stereocenters. The second kappa shape index (κ2) is 12.6. The minimum absolute atomic E-state index is 0.00370. The fourth-order valence-corrected chi connectivity index (χ4v) is 13.5. The number of likely N-dealkylation sites (tertiary alicyclic amines) is 1. The first-order valence-corrected chi connectivity index (χ1v) is 21.1. The van der Waals surface area contributed by atoms with Gasteiger partial charge in [-0.25, -0.2) is 22.2 Å². The van der Waals surface area contributed by atoms with Gasteiger partial charge in [0, 0.05) is 52.9 Å². The van der Waals surface area contributed by atoms with Crippen LogP contribution in [0.3, 0.4) is 0 Å². The van der Waals surface area contributed by atoms with Crippen molar-refractivity contribution in [1.82, 2.24) is 19.9 Å². The van der Waals surface area contributed by atoms with Crippen molar-refractivity contribution >= 4 is 37.3 Å². The molecule has 14 heteroatoms. The summed E-state index contributed by atoms with van der Waals surface area (Å²) in [7, 11) is -1.44. The van der Waals surface area contributed by atoms with E-state index in [0.717, 1.165) is 57.9 Å². The van der Waals surface area contributed by atoms with Gasteiger partial charge in [0.25, 0.3) is 0 Å². The highest BCUT2D eigenvalue weighted by atomic mass is 32.2. The van der Waals surface area contributed by atoms with E-state index in [1.807, 2.05) is 0 Å². The van der Waals surface area contributed by atoms with Crippen LogP contribution in [-0.4, -0.2) is 103 Å². The van der Waals surface area contributed by atoms with Crippen molar-refractivity contribution in [2.24, 2.45) is 16.7 Å². The normalized spacial score (nSPS) is 28.2. The molecule has 10 rings (SSSR count). The molecule has 0 radical (unpaired) electrons. The number of benzene rings is 2. The average Bonchev–Trinajstić information content (AvgIpc) is 3.73. The lowest BCUT2D eigenvalue weighted by atomic mass is 9.64. The van der Waals surface area contributed by atoms with Gasteiger partial charge in [-0.05, 0) is 75.1 Å². The Morgan fingerprint density at radius 2 is 1.91 bits per heavy atom. The van der Waals surface area contributed by atoms with Gasteiger partial charge < -0.3 is 24.2 Å². The first-order valence-electron chi connectivity index (χ1n) is 19.3. The highest BCUT2D eigenvalue weighted by Gasteiger charge is 2.60. The highest BCUT2D eigenvalue weighted by Crippen LogP contribution is 2.56. The average molecular weight is 772 g/mol. The number of rotatable bonds is 7. The molecule has 6 heterocycles. The molecule has 1 spiro atoms. The molecule has 6 aliphatic rings. The van der Waals surface area contributed by atoms with Crippen molar-refractivity contribution in [2.45, 2.75) is 69.6 Å². The van der Waals surface area contributed by atoms with Crippen molar-refractivity contribution < 1.29 is 36.5 Å². The van der Waals surface area contributed by atoms with E-state index in [-0.39, 0.29) is 73.6 Å². The van der Waals surface area contributed by atoms with Gasteiger partial charge in [0.2, 0.25) is 5.88 Å². The molecule has 6 fully saturated rings. The van der Waals surface area contributed by atoms with Gasteiger partial charge in [0.05, 0.1) is 43.5 Å². The molecule has 2 aromatic heterocycles. The molecule has 4 saturated heterocycles. The van der Waals surface area contributed by atoms with Crippen molar-refractivity contribution in [2.75, 3.05) is 56.4 Å². The van der Waals surface area contributed by atoms with Crippen LogP contribution in [0.4, 0.5) is 14.6 Å². The summed E-state index contributed by atoms with van der Waals surface area (Å²) in [4.78, 5) is 19.0. The van der Waals surface area contributed by atoms with Crippen LogP contribution in [0.2, 0.25) is 0 Å². The minimum Gasteiger partial charge on any atom is -0.508 e. The Bertz CT molecular complexity index is 2390. The number of phenolic OH excluding ortho intramolecular Hbond substituents is 1. The van der Waals surface area contributed by atoms with E-state index in [0.29, 0.717) is 61.1 Å². The number of methoxy groups -OCH3 is 1. The largest absolute Gasteiger partial charge is 0.508 e. The molecule has 2 bridgehead atoms. The van der Waals surface area contributed by atoms with Gasteiger partial charge in [0.1, 0.15) is 34.0 Å². The monoisotopic (exact) mass is 771 g/mol. The Kier molecular flexibility index (Phi) is 8.04. The third-order valence-electron chi connectivity index (χ3n) is 13.4. The van der Waals surface area contributed by atoms with Crippen LogP contribution in [0, 0.1) is 40.7 Å². The van der Waals surface area contributed by atoms with Gasteiger partial charge in [0.15, 0.2) is 15.7 Å². The number of phenols is 1. The van der Waals surface area contributed by atoms with E-state index < -0.39 is 21.5 Å². The topological polar surface area (TPSA) is 127 Å². The Hall–Kier alpha value is -4.32. The maximum Gasteiger partial charge on any atom is 0.319 e. The number of sulfone groups is 1. The van der Waals surface area contributed by atoms with Crippen LogP contribution in [0.25, 0.3) is 32.9 Å². The number of terminal acetylenes is 1. The van der Waals surface area contributed by atoms with E-state index in [2.05, 4.69) is 20.7 Å². The van der Waals surface area contributed by atoms with E-state index in [1.54, 1.807) is 0 Å². The van der Waals surface area contributed by atoms with Gasteiger partial charge in [-0.2, -0.15) is 9.97 Å². The lowest BCUT2D eigenvalue weighted by Crippen LogP contribution is -2.66. The van der Waals surface area contributed by atoms with E-state index >= 15 is 8.78 Å². The van der Waals surface area contributed by atoms with E-state index in [1.165, 1.54) is 31.4 Å². The van der Waals surface area contributed by atoms with Crippen molar-refractivity contribution in [3.63, 3.8) is 0 Å². The molecule has 288 valence electrons. The predicted molar refractivity (Wildman–Crippen MR) is 202 cm³/mol. The standard InChI is InChI=1S/C41H43F2N5O6S/c1-3-28-30(42)8-7-24-13-26(49)14-29(32(24)28)35-34(43)36-33(38(44-35)52-2)37(47-17-23-12-27(18-47)53-19-23)46-39(45-36)54-20-41-9-4-6-31(41)48(11-5-10-41)25-15-40(16-25)21-55(50,51)22-40/h1,7-8,13-14,23,25,27,31,49H,4-6,9-12,15-22H2,2H3/t23?,27?,31-,41-/m1/s1. The molecule has 2 aliphatic carbocycles. The van der Waals surface area contributed by atoms with Crippen LogP contribution in [-0.2, 0) is 14.6 Å². The van der Waals surface area contributed by atoms with E-state index in [9.17, 15) is 13.5 Å². The number of hydrogen-bond donors (Lipinski definition) is 1. The number of piperidine rings is 2. The third kappa shape index (κ3) is 5.63. The molecule has 11 nitrogen and oxygen atoms in total. The minimum atomic E-state index is -2.88. The van der Waals surface area contributed by atoms with Crippen molar-refractivity contribution in [3.8, 4) is 41.2 Å². The molecular weight excluding hydrogens is 729 g/mol. The zero-order valence-electron chi connectivity index (χ0n) is 30.7. The van der Waals surface area contributed by atoms with Crippen molar-refractivity contribution in [3.05, 3.63) is 41.5 Å². The van der Waals surface area contributed by atoms with Gasteiger partial charge >= 0.3 is 6.01 Å². The molecule has 0 amide bonds. The van der Waals surface area contributed by atoms with Crippen LogP contribution in [0.1, 0.15) is 56.9 Å². The van der Waals surface area contributed by atoms with Crippen LogP contribution in [0.5, 0.6) is 17.6 Å². The Balaban J connectivity index is 1.05. The molecule has 4 aromatic rings. The summed E-state index contributed by atoms with van der Waals surface area (Å²) in [6.45, 7) is 3.17. The molecule has 2 saturated carbocycles. The van der Waals surface area contributed by atoms with Crippen molar-refractivity contribution in [1.29, 1.82) is 0 Å². The number of anilines is 1. The zero-order valence-corrected chi connectivity index (χ0v) is 31.5. The second-order valence-corrected chi connectivity index (χ2v) is 19.0. The number of fused-ring (bicyclic) bond motifs is 5. The maximum absolute atomic E-state index is 17.3. The second-order valence-electron chi connectivity index (χ2n) is 17.0. The number of nitrogens with zero attached hydrogens (tertiary/aromatic N) is 5. The highest BCUT2D eigenvalue weighted by molar-refractivity contribution is 7.92. The number of hydrogen-bond acceptors (Lipinski definition) is 11. The number of halogens is 2. The summed E-state index contributed by atoms with van der Waals surface area (Å²) in [6, 6.07) is 6.17. The fourth-order valence-electron chi connectivity index (χ4n) is 11.2.